The number of hydrogen-bond donors (Lipinski definition) is 0. The lowest BCUT2D eigenvalue weighted by Crippen LogP contribution is -2.04. The van der Waals surface area contributed by atoms with Crippen LogP contribution in [0.25, 0.3) is 11.2 Å². The fraction of sp³-hybridized carbons (Fsp3) is 0.294. The van der Waals surface area contributed by atoms with E-state index in [9.17, 15) is 0 Å². The van der Waals surface area contributed by atoms with E-state index in [1.165, 1.54) is 11.1 Å². The topological polar surface area (TPSA) is 30.7 Å². The maximum Gasteiger partial charge on any atom is 0.160 e. The predicted octanol–water partition coefficient (Wildman–Crippen LogP) is 4.09. The van der Waals surface area contributed by atoms with Crippen molar-refractivity contribution in [1.29, 1.82) is 0 Å². The molecule has 0 aliphatic heterocycles. The van der Waals surface area contributed by atoms with Gasteiger partial charge in [0.25, 0.3) is 0 Å². The van der Waals surface area contributed by atoms with Gasteiger partial charge in [-0.15, -0.1) is 11.6 Å². The number of aryl methyl sites for hydroxylation is 2. The van der Waals surface area contributed by atoms with Crippen molar-refractivity contribution in [2.75, 3.05) is 0 Å². The largest absolute Gasteiger partial charge is 0.307 e. The van der Waals surface area contributed by atoms with E-state index in [0.29, 0.717) is 5.88 Å². The van der Waals surface area contributed by atoms with Crippen LogP contribution in [-0.2, 0) is 18.8 Å². The number of pyridine rings is 1. The average molecular weight is 300 g/mol. The van der Waals surface area contributed by atoms with Crippen molar-refractivity contribution < 1.29 is 0 Å². The SMILES string of the molecule is CCc1ccc(Cn2c(CCl)nc3cc(C)cnc32)cc1. The minimum Gasteiger partial charge on any atom is -0.307 e. The van der Waals surface area contributed by atoms with Gasteiger partial charge in [-0.05, 0) is 36.1 Å². The van der Waals surface area contributed by atoms with E-state index in [1.807, 2.05) is 13.1 Å². The van der Waals surface area contributed by atoms with Gasteiger partial charge in [0.15, 0.2) is 5.65 Å². The highest BCUT2D eigenvalue weighted by Crippen LogP contribution is 2.19. The first-order chi connectivity index (χ1) is 10.2. The van der Waals surface area contributed by atoms with Crippen LogP contribution in [0.15, 0.2) is 36.5 Å². The predicted molar refractivity (Wildman–Crippen MR) is 86.7 cm³/mol. The molecule has 3 rings (SSSR count). The first-order valence-corrected chi connectivity index (χ1v) is 7.70. The molecule has 3 nitrogen and oxygen atoms in total. The van der Waals surface area contributed by atoms with E-state index in [0.717, 1.165) is 35.5 Å². The fourth-order valence-electron chi connectivity index (χ4n) is 2.49. The Labute approximate surface area is 129 Å². The van der Waals surface area contributed by atoms with Gasteiger partial charge in [-0.25, -0.2) is 9.97 Å². The van der Waals surface area contributed by atoms with Crippen LogP contribution in [0.5, 0.6) is 0 Å². The second-order valence-corrected chi connectivity index (χ2v) is 5.54. The summed E-state index contributed by atoms with van der Waals surface area (Å²) in [7, 11) is 0. The Kier molecular flexibility index (Phi) is 3.93. The Hall–Kier alpha value is -1.87. The normalized spacial score (nSPS) is 11.2. The van der Waals surface area contributed by atoms with Gasteiger partial charge in [0.1, 0.15) is 11.3 Å². The fourth-order valence-corrected chi connectivity index (χ4v) is 2.69. The number of hydrogen-bond acceptors (Lipinski definition) is 2. The molecule has 0 aliphatic carbocycles. The Morgan fingerprint density at radius 1 is 1.14 bits per heavy atom. The number of benzene rings is 1. The summed E-state index contributed by atoms with van der Waals surface area (Å²) >= 11 is 6.05. The van der Waals surface area contributed by atoms with Gasteiger partial charge in [-0.1, -0.05) is 31.2 Å². The van der Waals surface area contributed by atoms with E-state index in [1.54, 1.807) is 0 Å². The Balaban J connectivity index is 2.01. The molecule has 21 heavy (non-hydrogen) atoms. The lowest BCUT2D eigenvalue weighted by atomic mass is 10.1. The van der Waals surface area contributed by atoms with E-state index in [2.05, 4.69) is 51.8 Å². The lowest BCUT2D eigenvalue weighted by molar-refractivity contribution is 0.770. The monoisotopic (exact) mass is 299 g/mol. The molecule has 0 saturated carbocycles. The third kappa shape index (κ3) is 2.79. The molecular formula is C17H18ClN3. The molecule has 0 atom stereocenters. The highest BCUT2D eigenvalue weighted by molar-refractivity contribution is 6.16. The van der Waals surface area contributed by atoms with Crippen molar-refractivity contribution in [2.45, 2.75) is 32.7 Å². The van der Waals surface area contributed by atoms with Gasteiger partial charge in [-0.3, -0.25) is 0 Å². The molecule has 0 spiro atoms. The third-order valence-corrected chi connectivity index (χ3v) is 3.93. The molecule has 2 heterocycles. The van der Waals surface area contributed by atoms with Gasteiger partial charge in [0, 0.05) is 6.20 Å². The number of alkyl halides is 1. The molecule has 0 saturated heterocycles. The molecule has 0 bridgehead atoms. The first-order valence-electron chi connectivity index (χ1n) is 7.16. The average Bonchev–Trinajstić information content (AvgIpc) is 2.85. The molecular weight excluding hydrogens is 282 g/mol. The van der Waals surface area contributed by atoms with Crippen molar-refractivity contribution in [3.63, 3.8) is 0 Å². The van der Waals surface area contributed by atoms with E-state index < -0.39 is 0 Å². The number of halogens is 1. The van der Waals surface area contributed by atoms with Crippen LogP contribution in [0, 0.1) is 6.92 Å². The maximum absolute atomic E-state index is 6.05. The van der Waals surface area contributed by atoms with Gasteiger partial charge in [0.05, 0.1) is 12.4 Å². The summed E-state index contributed by atoms with van der Waals surface area (Å²) in [5.41, 5.74) is 5.51. The van der Waals surface area contributed by atoms with E-state index in [-0.39, 0.29) is 0 Å². The number of imidazole rings is 1. The van der Waals surface area contributed by atoms with Crippen LogP contribution < -0.4 is 0 Å². The summed E-state index contributed by atoms with van der Waals surface area (Å²) in [6.45, 7) is 4.93. The standard InChI is InChI=1S/C17H18ClN3/c1-3-13-4-6-14(7-5-13)11-21-16(9-18)20-15-8-12(2)10-19-17(15)21/h4-8,10H,3,9,11H2,1-2H3. The van der Waals surface area contributed by atoms with Crippen LogP contribution in [0.2, 0.25) is 0 Å². The summed E-state index contributed by atoms with van der Waals surface area (Å²) in [6, 6.07) is 10.7. The van der Waals surface area contributed by atoms with Gasteiger partial charge in [-0.2, -0.15) is 0 Å². The van der Waals surface area contributed by atoms with Crippen molar-refractivity contribution in [2.24, 2.45) is 0 Å². The Morgan fingerprint density at radius 2 is 1.86 bits per heavy atom. The number of nitrogens with zero attached hydrogens (tertiary/aromatic N) is 3. The first kappa shape index (κ1) is 14.1. The van der Waals surface area contributed by atoms with Crippen molar-refractivity contribution in [3.05, 3.63) is 59.0 Å². The van der Waals surface area contributed by atoms with Gasteiger partial charge >= 0.3 is 0 Å². The van der Waals surface area contributed by atoms with Crippen molar-refractivity contribution >= 4 is 22.8 Å². The zero-order valence-electron chi connectivity index (χ0n) is 12.3. The zero-order valence-corrected chi connectivity index (χ0v) is 13.1. The quantitative estimate of drug-likeness (QED) is 0.679. The Morgan fingerprint density at radius 3 is 2.52 bits per heavy atom. The van der Waals surface area contributed by atoms with E-state index >= 15 is 0 Å². The van der Waals surface area contributed by atoms with Gasteiger partial charge < -0.3 is 4.57 Å². The molecule has 2 aromatic heterocycles. The molecule has 0 unspecified atom stereocenters. The summed E-state index contributed by atoms with van der Waals surface area (Å²) in [5.74, 6) is 1.26. The van der Waals surface area contributed by atoms with Gasteiger partial charge in [0.2, 0.25) is 0 Å². The molecule has 3 aromatic rings. The number of rotatable bonds is 4. The molecule has 1 aromatic carbocycles. The van der Waals surface area contributed by atoms with Crippen LogP contribution in [0.4, 0.5) is 0 Å². The van der Waals surface area contributed by atoms with Crippen molar-refractivity contribution in [3.8, 4) is 0 Å². The van der Waals surface area contributed by atoms with Crippen LogP contribution in [-0.4, -0.2) is 14.5 Å². The number of aromatic nitrogens is 3. The minimum absolute atomic E-state index is 0.391. The Bertz CT molecular complexity index is 760. The molecule has 0 aliphatic rings. The molecule has 108 valence electrons. The summed E-state index contributed by atoms with van der Waals surface area (Å²) in [5, 5.41) is 0. The zero-order chi connectivity index (χ0) is 14.8. The summed E-state index contributed by atoms with van der Waals surface area (Å²) in [6.07, 6.45) is 2.93. The summed E-state index contributed by atoms with van der Waals surface area (Å²) in [4.78, 5) is 9.11. The maximum atomic E-state index is 6.05. The molecule has 0 radical (unpaired) electrons. The van der Waals surface area contributed by atoms with Crippen LogP contribution in [0.3, 0.4) is 0 Å². The third-order valence-electron chi connectivity index (χ3n) is 3.69. The number of fused-ring (bicyclic) bond motifs is 1. The summed E-state index contributed by atoms with van der Waals surface area (Å²) < 4.78 is 2.10. The van der Waals surface area contributed by atoms with E-state index in [4.69, 9.17) is 11.6 Å². The second-order valence-electron chi connectivity index (χ2n) is 5.27. The van der Waals surface area contributed by atoms with Crippen LogP contribution in [0.1, 0.15) is 29.4 Å². The molecule has 0 fully saturated rings. The highest BCUT2D eigenvalue weighted by Gasteiger charge is 2.11. The molecule has 0 amide bonds. The lowest BCUT2D eigenvalue weighted by Gasteiger charge is -2.08. The molecule has 0 N–H and O–H groups in total. The molecule has 4 heteroatoms. The van der Waals surface area contributed by atoms with Crippen molar-refractivity contribution in [1.82, 2.24) is 14.5 Å². The second kappa shape index (κ2) is 5.86. The smallest absolute Gasteiger partial charge is 0.160 e. The minimum atomic E-state index is 0.391. The van der Waals surface area contributed by atoms with Crippen LogP contribution >= 0.6 is 11.6 Å². The highest BCUT2D eigenvalue weighted by atomic mass is 35.5.